The molecule has 0 heterocycles. The molecule has 1 aromatic rings. The van der Waals surface area contributed by atoms with Crippen molar-refractivity contribution in [3.63, 3.8) is 0 Å². The van der Waals surface area contributed by atoms with Gasteiger partial charge in [0, 0.05) is 22.5 Å². The largest absolute Gasteiger partial charge is 0.398 e. The van der Waals surface area contributed by atoms with E-state index in [1.165, 1.54) is 0 Å². The molecule has 1 rings (SSSR count). The molecule has 94 valence electrons. The van der Waals surface area contributed by atoms with Crippen LogP contribution in [0.3, 0.4) is 0 Å². The first-order valence-electron chi connectivity index (χ1n) is 5.56. The van der Waals surface area contributed by atoms with E-state index in [1.807, 2.05) is 13.2 Å². The molecule has 0 saturated heterocycles. The van der Waals surface area contributed by atoms with Crippen molar-refractivity contribution in [2.24, 2.45) is 0 Å². The van der Waals surface area contributed by atoms with Gasteiger partial charge in [-0.3, -0.25) is 4.79 Å². The minimum Gasteiger partial charge on any atom is -0.398 e. The predicted molar refractivity (Wildman–Crippen MR) is 75.5 cm³/mol. The number of hydrogen-bond acceptors (Lipinski definition) is 3. The lowest BCUT2D eigenvalue weighted by Gasteiger charge is -2.22. The van der Waals surface area contributed by atoms with E-state index in [0.29, 0.717) is 17.8 Å². The summed E-state index contributed by atoms with van der Waals surface area (Å²) in [5.74, 6) is -0.0584. The second-order valence-electron chi connectivity index (χ2n) is 4.67. The van der Waals surface area contributed by atoms with Crippen LogP contribution in [0, 0.1) is 6.92 Å². The van der Waals surface area contributed by atoms with E-state index < -0.39 is 0 Å². The van der Waals surface area contributed by atoms with Gasteiger partial charge in [-0.05, 0) is 44.7 Å². The molecule has 3 nitrogen and oxygen atoms in total. The predicted octanol–water partition coefficient (Wildman–Crippen LogP) is 2.45. The van der Waals surface area contributed by atoms with E-state index >= 15 is 0 Å². The molecular formula is C13H20N2OS. The molecule has 0 fully saturated rings. The van der Waals surface area contributed by atoms with Crippen LogP contribution in [0.15, 0.2) is 18.2 Å². The molecule has 3 N–H and O–H groups in total. The highest BCUT2D eigenvalue weighted by Gasteiger charge is 2.18. The Labute approximate surface area is 107 Å². The number of benzene rings is 1. The molecule has 0 aliphatic heterocycles. The van der Waals surface area contributed by atoms with Gasteiger partial charge in [-0.25, -0.2) is 0 Å². The Kier molecular flexibility index (Phi) is 4.46. The minimum absolute atomic E-state index is 0.0455. The van der Waals surface area contributed by atoms with Crippen LogP contribution in [-0.4, -0.2) is 23.5 Å². The highest BCUT2D eigenvalue weighted by molar-refractivity contribution is 7.99. The Bertz CT molecular complexity index is 416. The van der Waals surface area contributed by atoms with Gasteiger partial charge in [0.05, 0.1) is 0 Å². The number of nitrogen functional groups attached to an aromatic ring is 1. The number of hydrogen-bond donors (Lipinski definition) is 2. The van der Waals surface area contributed by atoms with E-state index in [0.717, 1.165) is 5.56 Å². The second kappa shape index (κ2) is 5.45. The first kappa shape index (κ1) is 13.9. The number of carbonyl (C=O) groups excluding carboxylic acids is 1. The second-order valence-corrected chi connectivity index (χ2v) is 6.18. The van der Waals surface area contributed by atoms with Crippen molar-refractivity contribution in [2.45, 2.75) is 25.5 Å². The molecule has 4 heteroatoms. The van der Waals surface area contributed by atoms with E-state index in [9.17, 15) is 4.79 Å². The van der Waals surface area contributed by atoms with Crippen LogP contribution in [0.2, 0.25) is 0 Å². The highest BCUT2D eigenvalue weighted by Crippen LogP contribution is 2.20. The number of rotatable bonds is 4. The molecule has 0 atom stereocenters. The first-order valence-corrected chi connectivity index (χ1v) is 6.78. The van der Waals surface area contributed by atoms with Crippen LogP contribution >= 0.6 is 11.8 Å². The molecule has 0 unspecified atom stereocenters. The van der Waals surface area contributed by atoms with Crippen molar-refractivity contribution in [3.8, 4) is 0 Å². The zero-order valence-corrected chi connectivity index (χ0v) is 11.6. The maximum absolute atomic E-state index is 12.0. The van der Waals surface area contributed by atoms with Crippen LogP contribution in [0.25, 0.3) is 0 Å². The third-order valence-corrected chi connectivity index (χ3v) is 4.10. The average molecular weight is 252 g/mol. The maximum atomic E-state index is 12.0. The van der Waals surface area contributed by atoms with Crippen LogP contribution in [-0.2, 0) is 0 Å². The molecule has 0 saturated carbocycles. The summed E-state index contributed by atoms with van der Waals surface area (Å²) >= 11 is 1.73. The standard InChI is InChI=1S/C13H20N2OS/c1-9-10(6-5-7-11(9)14)12(16)15-8-13(2,3)17-4/h5-7H,8,14H2,1-4H3,(H,15,16). The third kappa shape index (κ3) is 3.66. The summed E-state index contributed by atoms with van der Waals surface area (Å²) in [5.41, 5.74) is 7.93. The van der Waals surface area contributed by atoms with Crippen molar-refractivity contribution < 1.29 is 4.79 Å². The zero-order chi connectivity index (χ0) is 13.1. The molecule has 0 radical (unpaired) electrons. The lowest BCUT2D eigenvalue weighted by Crippen LogP contribution is -2.36. The molecule has 0 aliphatic rings. The number of nitrogens with two attached hydrogens (primary N) is 1. The number of amides is 1. The quantitative estimate of drug-likeness (QED) is 0.809. The number of thioether (sulfide) groups is 1. The van der Waals surface area contributed by atoms with E-state index in [-0.39, 0.29) is 10.7 Å². The van der Waals surface area contributed by atoms with Crippen LogP contribution in [0.4, 0.5) is 5.69 Å². The molecule has 1 amide bonds. The van der Waals surface area contributed by atoms with Crippen LogP contribution < -0.4 is 11.1 Å². The lowest BCUT2D eigenvalue weighted by atomic mass is 10.1. The van der Waals surface area contributed by atoms with Gasteiger partial charge < -0.3 is 11.1 Å². The van der Waals surface area contributed by atoms with Crippen LogP contribution in [0.1, 0.15) is 29.8 Å². The Balaban J connectivity index is 2.74. The maximum Gasteiger partial charge on any atom is 0.251 e. The van der Waals surface area contributed by atoms with Gasteiger partial charge in [0.25, 0.3) is 5.91 Å². The number of carbonyl (C=O) groups is 1. The summed E-state index contributed by atoms with van der Waals surface area (Å²) in [6.45, 7) is 6.71. The molecular weight excluding hydrogens is 232 g/mol. The van der Waals surface area contributed by atoms with Crippen molar-refractivity contribution in [2.75, 3.05) is 18.5 Å². The lowest BCUT2D eigenvalue weighted by molar-refractivity contribution is 0.0950. The van der Waals surface area contributed by atoms with E-state index in [2.05, 4.69) is 19.2 Å². The fourth-order valence-electron chi connectivity index (χ4n) is 1.36. The van der Waals surface area contributed by atoms with E-state index in [4.69, 9.17) is 5.73 Å². The van der Waals surface area contributed by atoms with Gasteiger partial charge in [-0.2, -0.15) is 11.8 Å². The first-order chi connectivity index (χ1) is 7.87. The Morgan fingerprint density at radius 1 is 1.47 bits per heavy atom. The molecule has 0 bridgehead atoms. The van der Waals surface area contributed by atoms with Gasteiger partial charge in [0.15, 0.2) is 0 Å². The van der Waals surface area contributed by atoms with Crippen molar-refractivity contribution in [1.82, 2.24) is 5.32 Å². The zero-order valence-electron chi connectivity index (χ0n) is 10.8. The van der Waals surface area contributed by atoms with Crippen molar-refractivity contribution >= 4 is 23.4 Å². The normalized spacial score (nSPS) is 11.3. The highest BCUT2D eigenvalue weighted by atomic mass is 32.2. The van der Waals surface area contributed by atoms with E-state index in [1.54, 1.807) is 30.0 Å². The van der Waals surface area contributed by atoms with Gasteiger partial charge >= 0.3 is 0 Å². The van der Waals surface area contributed by atoms with Gasteiger partial charge in [0.2, 0.25) is 0 Å². The molecule has 1 aromatic carbocycles. The smallest absolute Gasteiger partial charge is 0.251 e. The Hall–Kier alpha value is -1.16. The summed E-state index contributed by atoms with van der Waals surface area (Å²) in [6, 6.07) is 5.40. The van der Waals surface area contributed by atoms with Crippen molar-refractivity contribution in [3.05, 3.63) is 29.3 Å². The fourth-order valence-corrected chi connectivity index (χ4v) is 1.58. The number of nitrogens with one attached hydrogen (secondary N) is 1. The summed E-state index contributed by atoms with van der Waals surface area (Å²) in [7, 11) is 0. The number of anilines is 1. The van der Waals surface area contributed by atoms with Gasteiger partial charge in [0.1, 0.15) is 0 Å². The molecule has 0 aliphatic carbocycles. The third-order valence-electron chi connectivity index (χ3n) is 2.85. The average Bonchev–Trinajstić information content (AvgIpc) is 2.30. The molecule has 0 spiro atoms. The van der Waals surface area contributed by atoms with Crippen molar-refractivity contribution in [1.29, 1.82) is 0 Å². The molecule has 0 aromatic heterocycles. The summed E-state index contributed by atoms with van der Waals surface area (Å²) in [4.78, 5) is 12.0. The van der Waals surface area contributed by atoms with Crippen LogP contribution in [0.5, 0.6) is 0 Å². The molecule has 17 heavy (non-hydrogen) atoms. The minimum atomic E-state index is -0.0584. The summed E-state index contributed by atoms with van der Waals surface area (Å²) in [5, 5.41) is 2.94. The van der Waals surface area contributed by atoms with Gasteiger partial charge in [-0.15, -0.1) is 0 Å². The SMILES string of the molecule is CSC(C)(C)CNC(=O)c1cccc(N)c1C. The Morgan fingerprint density at radius 2 is 2.12 bits per heavy atom. The monoisotopic (exact) mass is 252 g/mol. The summed E-state index contributed by atoms with van der Waals surface area (Å²) in [6.07, 6.45) is 2.04. The Morgan fingerprint density at radius 3 is 2.71 bits per heavy atom. The fraction of sp³-hybridized carbons (Fsp3) is 0.462. The summed E-state index contributed by atoms with van der Waals surface area (Å²) < 4.78 is 0.0455. The van der Waals surface area contributed by atoms with Gasteiger partial charge in [-0.1, -0.05) is 6.07 Å². The topological polar surface area (TPSA) is 55.1 Å².